The van der Waals surface area contributed by atoms with Gasteiger partial charge in [0.15, 0.2) is 0 Å². The summed E-state index contributed by atoms with van der Waals surface area (Å²) in [6.45, 7) is 8.35. The van der Waals surface area contributed by atoms with E-state index in [1.807, 2.05) is 37.5 Å². The van der Waals surface area contributed by atoms with Crippen LogP contribution in [0.5, 0.6) is 5.75 Å². The standard InChI is InChI=1S/C28H38N4O2/c1-4-6-10-18-29-28(33)31-26-22(3)14-11-17-25(26)34-20-12-19-32-21-30-24(13-5-2)27(32)23-15-8-7-9-16-23/h7-9,11,14-17,21H,4-6,10,12-13,18-20H2,1-3H3,(H2,29,31,33). The number of carbonyl (C=O) groups is 1. The highest BCUT2D eigenvalue weighted by Crippen LogP contribution is 2.29. The molecule has 0 radical (unpaired) electrons. The minimum absolute atomic E-state index is 0.190. The van der Waals surface area contributed by atoms with Crippen molar-refractivity contribution < 1.29 is 9.53 Å². The normalized spacial score (nSPS) is 10.8. The van der Waals surface area contributed by atoms with Crippen LogP contribution in [0.15, 0.2) is 54.9 Å². The largest absolute Gasteiger partial charge is 0.491 e. The second-order valence-electron chi connectivity index (χ2n) is 8.59. The van der Waals surface area contributed by atoms with Crippen molar-refractivity contribution >= 4 is 11.7 Å². The number of imidazole rings is 1. The van der Waals surface area contributed by atoms with Crippen LogP contribution < -0.4 is 15.4 Å². The van der Waals surface area contributed by atoms with Crippen molar-refractivity contribution in [1.82, 2.24) is 14.9 Å². The van der Waals surface area contributed by atoms with Gasteiger partial charge < -0.3 is 19.9 Å². The van der Waals surface area contributed by atoms with Crippen molar-refractivity contribution in [1.29, 1.82) is 0 Å². The van der Waals surface area contributed by atoms with Gasteiger partial charge in [-0.3, -0.25) is 0 Å². The number of hydrogen-bond acceptors (Lipinski definition) is 3. The molecule has 2 amide bonds. The molecule has 0 fully saturated rings. The summed E-state index contributed by atoms with van der Waals surface area (Å²) in [5.41, 5.74) is 5.24. The van der Waals surface area contributed by atoms with Gasteiger partial charge in [-0.05, 0) is 37.8 Å². The van der Waals surface area contributed by atoms with E-state index >= 15 is 0 Å². The molecule has 6 heteroatoms. The number of aromatic nitrogens is 2. The minimum atomic E-state index is -0.190. The number of ether oxygens (including phenoxy) is 1. The van der Waals surface area contributed by atoms with Crippen molar-refractivity contribution in [3.05, 3.63) is 66.1 Å². The fourth-order valence-corrected chi connectivity index (χ4v) is 4.01. The molecule has 0 unspecified atom stereocenters. The Kier molecular flexibility index (Phi) is 10.0. The highest BCUT2D eigenvalue weighted by molar-refractivity contribution is 5.91. The second-order valence-corrected chi connectivity index (χ2v) is 8.59. The summed E-state index contributed by atoms with van der Waals surface area (Å²) in [5.74, 6) is 0.698. The second kappa shape index (κ2) is 13.4. The molecule has 0 aliphatic heterocycles. The zero-order valence-corrected chi connectivity index (χ0v) is 20.8. The number of aryl methyl sites for hydroxylation is 3. The predicted octanol–water partition coefficient (Wildman–Crippen LogP) is 6.59. The third kappa shape index (κ3) is 7.11. The lowest BCUT2D eigenvalue weighted by molar-refractivity contribution is 0.251. The molecule has 3 aromatic rings. The van der Waals surface area contributed by atoms with Crippen LogP contribution in [0.4, 0.5) is 10.5 Å². The van der Waals surface area contributed by atoms with Crippen molar-refractivity contribution in [2.24, 2.45) is 0 Å². The summed E-state index contributed by atoms with van der Waals surface area (Å²) in [6.07, 6.45) is 8.03. The zero-order valence-electron chi connectivity index (χ0n) is 20.8. The first-order chi connectivity index (χ1) is 16.6. The molecule has 0 bridgehead atoms. The number of nitrogens with zero attached hydrogens (tertiary/aromatic N) is 2. The maximum atomic E-state index is 12.3. The molecule has 34 heavy (non-hydrogen) atoms. The Morgan fingerprint density at radius 3 is 2.59 bits per heavy atom. The molecule has 6 nitrogen and oxygen atoms in total. The van der Waals surface area contributed by atoms with Crippen LogP contribution in [0.25, 0.3) is 11.3 Å². The first kappa shape index (κ1) is 25.3. The average molecular weight is 463 g/mol. The fraction of sp³-hybridized carbons (Fsp3) is 0.429. The number of rotatable bonds is 13. The lowest BCUT2D eigenvalue weighted by atomic mass is 10.1. The number of benzene rings is 2. The maximum absolute atomic E-state index is 12.3. The number of urea groups is 1. The van der Waals surface area contributed by atoms with E-state index < -0.39 is 0 Å². The number of para-hydroxylation sites is 1. The molecule has 0 saturated heterocycles. The summed E-state index contributed by atoms with van der Waals surface area (Å²) >= 11 is 0. The molecule has 182 valence electrons. The van der Waals surface area contributed by atoms with Crippen molar-refractivity contribution in [3.63, 3.8) is 0 Å². The highest BCUT2D eigenvalue weighted by Gasteiger charge is 2.13. The van der Waals surface area contributed by atoms with Crippen LogP contribution >= 0.6 is 0 Å². The number of anilines is 1. The molecule has 0 saturated carbocycles. The van der Waals surface area contributed by atoms with Crippen LogP contribution in [-0.2, 0) is 13.0 Å². The first-order valence-corrected chi connectivity index (χ1v) is 12.5. The Balaban J connectivity index is 1.59. The van der Waals surface area contributed by atoms with Gasteiger partial charge in [0.1, 0.15) is 5.75 Å². The molecule has 0 aliphatic rings. The topological polar surface area (TPSA) is 68.2 Å². The fourth-order valence-electron chi connectivity index (χ4n) is 4.01. The highest BCUT2D eigenvalue weighted by atomic mass is 16.5. The van der Waals surface area contributed by atoms with Crippen molar-refractivity contribution in [3.8, 4) is 17.0 Å². The third-order valence-corrected chi connectivity index (χ3v) is 5.79. The Morgan fingerprint density at radius 2 is 1.82 bits per heavy atom. The van der Waals surface area contributed by atoms with Crippen LogP contribution in [0.2, 0.25) is 0 Å². The van der Waals surface area contributed by atoms with Gasteiger partial charge >= 0.3 is 6.03 Å². The van der Waals surface area contributed by atoms with Gasteiger partial charge in [-0.2, -0.15) is 0 Å². The molecular weight excluding hydrogens is 424 g/mol. The van der Waals surface area contributed by atoms with Crippen LogP contribution in [0, 0.1) is 6.92 Å². The molecule has 1 heterocycles. The smallest absolute Gasteiger partial charge is 0.319 e. The summed E-state index contributed by atoms with van der Waals surface area (Å²) in [7, 11) is 0. The van der Waals surface area contributed by atoms with Gasteiger partial charge in [-0.1, -0.05) is 75.6 Å². The maximum Gasteiger partial charge on any atom is 0.319 e. The molecule has 2 aromatic carbocycles. The molecule has 0 spiro atoms. The lowest BCUT2D eigenvalue weighted by Gasteiger charge is -2.16. The van der Waals surface area contributed by atoms with Crippen LogP contribution in [0.3, 0.4) is 0 Å². The van der Waals surface area contributed by atoms with E-state index in [1.165, 1.54) is 11.3 Å². The molecule has 0 atom stereocenters. The summed E-state index contributed by atoms with van der Waals surface area (Å²) < 4.78 is 8.33. The summed E-state index contributed by atoms with van der Waals surface area (Å²) in [6, 6.07) is 16.1. The monoisotopic (exact) mass is 462 g/mol. The van der Waals surface area contributed by atoms with E-state index in [-0.39, 0.29) is 6.03 Å². The molecule has 3 rings (SSSR count). The number of unbranched alkanes of at least 4 members (excludes halogenated alkanes) is 2. The molecule has 2 N–H and O–H groups in total. The summed E-state index contributed by atoms with van der Waals surface area (Å²) in [4.78, 5) is 17.0. The van der Waals surface area contributed by atoms with Crippen molar-refractivity contribution in [2.75, 3.05) is 18.5 Å². The summed E-state index contributed by atoms with van der Waals surface area (Å²) in [5, 5.41) is 5.90. The van der Waals surface area contributed by atoms with E-state index in [9.17, 15) is 4.79 Å². The number of nitrogens with one attached hydrogen (secondary N) is 2. The van der Waals surface area contributed by atoms with Crippen LogP contribution in [0.1, 0.15) is 57.2 Å². The van der Waals surface area contributed by atoms with Gasteiger partial charge in [0.05, 0.1) is 30.0 Å². The van der Waals surface area contributed by atoms with Crippen LogP contribution in [-0.4, -0.2) is 28.7 Å². The van der Waals surface area contributed by atoms with E-state index in [1.54, 1.807) is 0 Å². The Hall–Kier alpha value is -3.28. The quantitative estimate of drug-likeness (QED) is 0.282. The Bertz CT molecular complexity index is 1030. The molecular formula is C28H38N4O2. The van der Waals surface area contributed by atoms with Gasteiger partial charge in [0.25, 0.3) is 0 Å². The number of hydrogen-bond donors (Lipinski definition) is 2. The zero-order chi connectivity index (χ0) is 24.2. The number of carbonyl (C=O) groups excluding carboxylic acids is 1. The van der Waals surface area contributed by atoms with E-state index in [0.29, 0.717) is 18.9 Å². The van der Waals surface area contributed by atoms with E-state index in [4.69, 9.17) is 4.74 Å². The SMILES string of the molecule is CCCCCNC(=O)Nc1c(C)cccc1OCCCn1cnc(CCC)c1-c1ccccc1. The van der Waals surface area contributed by atoms with E-state index in [0.717, 1.165) is 62.0 Å². The van der Waals surface area contributed by atoms with E-state index in [2.05, 4.69) is 58.3 Å². The average Bonchev–Trinajstić information content (AvgIpc) is 3.24. The minimum Gasteiger partial charge on any atom is -0.491 e. The van der Waals surface area contributed by atoms with Gasteiger partial charge in [-0.25, -0.2) is 9.78 Å². The Labute approximate surface area is 203 Å². The van der Waals surface area contributed by atoms with Gasteiger partial charge in [0, 0.05) is 18.7 Å². The lowest BCUT2D eigenvalue weighted by Crippen LogP contribution is -2.30. The van der Waals surface area contributed by atoms with Gasteiger partial charge in [0.2, 0.25) is 0 Å². The Morgan fingerprint density at radius 1 is 1.00 bits per heavy atom. The van der Waals surface area contributed by atoms with Gasteiger partial charge in [-0.15, -0.1) is 0 Å². The van der Waals surface area contributed by atoms with Crippen molar-refractivity contribution in [2.45, 2.75) is 65.8 Å². The number of amides is 2. The predicted molar refractivity (Wildman–Crippen MR) is 139 cm³/mol. The molecule has 1 aromatic heterocycles. The molecule has 0 aliphatic carbocycles. The first-order valence-electron chi connectivity index (χ1n) is 12.5. The third-order valence-electron chi connectivity index (χ3n) is 5.79.